The molecule has 3 aliphatic carbocycles. The van der Waals surface area contributed by atoms with E-state index in [1.807, 2.05) is 0 Å². The summed E-state index contributed by atoms with van der Waals surface area (Å²) in [6.45, 7) is 0. The van der Waals surface area contributed by atoms with Gasteiger partial charge in [0, 0.05) is 27.5 Å². The van der Waals surface area contributed by atoms with Crippen LogP contribution in [0.5, 0.6) is 0 Å². The Hall–Kier alpha value is -10.3. The molecule has 0 bridgehead atoms. The summed E-state index contributed by atoms with van der Waals surface area (Å²) in [5, 5.41) is 4.95. The molecule has 80 heavy (non-hydrogen) atoms. The van der Waals surface area contributed by atoms with E-state index in [9.17, 15) is 0 Å². The van der Waals surface area contributed by atoms with Gasteiger partial charge in [0.1, 0.15) is 0 Å². The summed E-state index contributed by atoms with van der Waals surface area (Å²) in [7, 11) is 0. The molecule has 2 spiro atoms. The molecule has 0 N–H and O–H groups in total. The van der Waals surface area contributed by atoms with Gasteiger partial charge in [-0.1, -0.05) is 243 Å². The van der Waals surface area contributed by atoms with Crippen molar-refractivity contribution in [3.63, 3.8) is 0 Å². The van der Waals surface area contributed by atoms with Gasteiger partial charge in [-0.05, 0) is 154 Å². The molecule has 2 heteroatoms. The Bertz CT molecular complexity index is 4920. The molecular formula is C78H48N2. The molecule has 0 saturated heterocycles. The van der Waals surface area contributed by atoms with Crippen molar-refractivity contribution < 1.29 is 0 Å². The third-order valence-electron chi connectivity index (χ3n) is 18.6. The van der Waals surface area contributed by atoms with Gasteiger partial charge in [0.15, 0.2) is 0 Å². The molecule has 2 heterocycles. The second kappa shape index (κ2) is 16.1. The Balaban J connectivity index is 0.868. The van der Waals surface area contributed by atoms with Crippen LogP contribution in [0.1, 0.15) is 44.5 Å². The van der Waals surface area contributed by atoms with E-state index >= 15 is 0 Å². The second-order valence-electron chi connectivity index (χ2n) is 22.2. The molecule has 0 fully saturated rings. The fraction of sp³-hybridized carbons (Fsp3) is 0.0256. The zero-order valence-corrected chi connectivity index (χ0v) is 43.6. The maximum atomic E-state index is 2.54. The van der Waals surface area contributed by atoms with Crippen molar-refractivity contribution >= 4 is 49.6 Å². The van der Waals surface area contributed by atoms with Gasteiger partial charge in [-0.15, -0.1) is 0 Å². The molecule has 1 aromatic heterocycles. The molecular weight excluding hydrogens is 965 g/mol. The summed E-state index contributed by atoms with van der Waals surface area (Å²) < 4.78 is 2.53. The van der Waals surface area contributed by atoms with Crippen molar-refractivity contribution in [1.82, 2.24) is 4.57 Å². The molecule has 2 nitrogen and oxygen atoms in total. The van der Waals surface area contributed by atoms with Crippen molar-refractivity contribution in [2.45, 2.75) is 10.8 Å². The minimum Gasteiger partial charge on any atom is -0.310 e. The van der Waals surface area contributed by atoms with Crippen molar-refractivity contribution in [1.29, 1.82) is 0 Å². The average molecular weight is 1010 g/mol. The van der Waals surface area contributed by atoms with E-state index in [0.717, 1.165) is 17.1 Å². The molecule has 0 amide bonds. The fourth-order valence-corrected chi connectivity index (χ4v) is 15.6. The van der Waals surface area contributed by atoms with E-state index in [4.69, 9.17) is 0 Å². The number of para-hydroxylation sites is 3. The SMILES string of the molecule is c1ccc(-c2cccc(N(c3ccc4c(c3)C3(c5ccccc5-c5ccccc53)c3ccccc3-4)c3ccc(-c4ccc5c(c4)C4(c6ccccc6-5)c5ccccc5-n5c6ccccc6c6cccc4c65)c4ccccc34)c2)cc1. The lowest BCUT2D eigenvalue weighted by atomic mass is 9.65. The summed E-state index contributed by atoms with van der Waals surface area (Å²) >= 11 is 0. The van der Waals surface area contributed by atoms with Crippen LogP contribution < -0.4 is 4.90 Å². The number of hydrogen-bond donors (Lipinski definition) is 0. The Kier molecular flexibility index (Phi) is 8.83. The first-order valence-corrected chi connectivity index (χ1v) is 28.0. The number of anilines is 3. The molecule has 13 aromatic carbocycles. The lowest BCUT2D eigenvalue weighted by molar-refractivity contribution is 0.749. The largest absolute Gasteiger partial charge is 0.310 e. The summed E-state index contributed by atoms with van der Waals surface area (Å²) in [5.41, 5.74) is 29.2. The predicted octanol–water partition coefficient (Wildman–Crippen LogP) is 19.8. The van der Waals surface area contributed by atoms with Crippen molar-refractivity contribution in [2.75, 3.05) is 4.90 Å². The van der Waals surface area contributed by atoms with Gasteiger partial charge in [0.2, 0.25) is 0 Å². The van der Waals surface area contributed by atoms with Gasteiger partial charge < -0.3 is 9.47 Å². The first-order valence-electron chi connectivity index (χ1n) is 28.0. The van der Waals surface area contributed by atoms with Crippen LogP contribution in [0, 0.1) is 0 Å². The van der Waals surface area contributed by atoms with E-state index in [-0.39, 0.29) is 0 Å². The highest BCUT2D eigenvalue weighted by atomic mass is 15.1. The molecule has 370 valence electrons. The van der Waals surface area contributed by atoms with Crippen LogP contribution in [-0.2, 0) is 10.8 Å². The Morgan fingerprint density at radius 1 is 0.250 bits per heavy atom. The zero-order valence-electron chi connectivity index (χ0n) is 43.6. The van der Waals surface area contributed by atoms with Crippen LogP contribution >= 0.6 is 0 Å². The standard InChI is InChI=1S/C78H48N2/c1-2-20-49(21-3-1)50-22-18-23-52(46-50)79(53-41-43-61-59-28-8-13-34-67(59)77(72(61)48-53)65-32-11-6-25-56(65)57-26-7-12-33-66(57)77)74-45-44-54(55-24-4-5-29-62(55)74)51-40-42-60-58-27-9-14-35-68(58)78(71(60)47-51)69-36-15-17-39-75(69)80-73-38-16-10-30-63(73)64-31-19-37-70(78)76(64)80/h1-48H. The highest BCUT2D eigenvalue weighted by Gasteiger charge is 2.53. The lowest BCUT2D eigenvalue weighted by Gasteiger charge is -2.39. The third-order valence-corrected chi connectivity index (χ3v) is 18.6. The van der Waals surface area contributed by atoms with Crippen molar-refractivity contribution in [3.05, 3.63) is 336 Å². The minimum atomic E-state index is -0.552. The van der Waals surface area contributed by atoms with Gasteiger partial charge in [0.25, 0.3) is 0 Å². The molecule has 14 aromatic rings. The number of nitrogens with zero attached hydrogens (tertiary/aromatic N) is 2. The number of benzene rings is 13. The van der Waals surface area contributed by atoms with E-state index in [1.54, 1.807) is 0 Å². The zero-order chi connectivity index (χ0) is 52.3. The molecule has 1 unspecified atom stereocenters. The van der Waals surface area contributed by atoms with Gasteiger partial charge in [0.05, 0.1) is 33.2 Å². The topological polar surface area (TPSA) is 8.17 Å². The number of aromatic nitrogens is 1. The van der Waals surface area contributed by atoms with E-state index in [2.05, 4.69) is 301 Å². The molecule has 0 radical (unpaired) electrons. The number of rotatable bonds is 5. The quantitative estimate of drug-likeness (QED) is 0.167. The summed E-state index contributed by atoms with van der Waals surface area (Å²) in [4.78, 5) is 2.52. The van der Waals surface area contributed by atoms with Gasteiger partial charge in [-0.2, -0.15) is 0 Å². The molecule has 1 aliphatic heterocycles. The highest BCUT2D eigenvalue weighted by molar-refractivity contribution is 6.13. The smallest absolute Gasteiger partial charge is 0.0754 e. The van der Waals surface area contributed by atoms with Gasteiger partial charge in [-0.3, -0.25) is 0 Å². The first kappa shape index (κ1) is 43.8. The van der Waals surface area contributed by atoms with Crippen LogP contribution in [0.3, 0.4) is 0 Å². The Morgan fingerprint density at radius 3 is 1.43 bits per heavy atom. The third kappa shape index (κ3) is 5.52. The van der Waals surface area contributed by atoms with E-state index < -0.39 is 10.8 Å². The highest BCUT2D eigenvalue weighted by Crippen LogP contribution is 2.65. The molecule has 0 saturated carbocycles. The van der Waals surface area contributed by atoms with Crippen LogP contribution in [-0.4, -0.2) is 4.57 Å². The normalized spacial score (nSPS) is 15.2. The summed E-state index contributed by atoms with van der Waals surface area (Å²) in [6.07, 6.45) is 0. The average Bonchev–Trinajstić information content (AvgIpc) is 3.83. The van der Waals surface area contributed by atoms with Crippen LogP contribution in [0.25, 0.3) is 93.9 Å². The number of fused-ring (bicyclic) bond motifs is 23. The summed E-state index contributed by atoms with van der Waals surface area (Å²) in [5.74, 6) is 0. The van der Waals surface area contributed by atoms with Crippen molar-refractivity contribution in [2.24, 2.45) is 0 Å². The van der Waals surface area contributed by atoms with Crippen LogP contribution in [0.15, 0.2) is 291 Å². The number of hydrogen-bond acceptors (Lipinski definition) is 1. The van der Waals surface area contributed by atoms with Gasteiger partial charge in [-0.25, -0.2) is 0 Å². The first-order chi connectivity index (χ1) is 39.7. The predicted molar refractivity (Wildman–Crippen MR) is 331 cm³/mol. The summed E-state index contributed by atoms with van der Waals surface area (Å²) in [6, 6.07) is 110. The van der Waals surface area contributed by atoms with Crippen LogP contribution in [0.4, 0.5) is 17.1 Å². The molecule has 18 rings (SSSR count). The Labute approximate surface area is 464 Å². The molecule has 1 atom stereocenters. The minimum absolute atomic E-state index is 0.482. The maximum absolute atomic E-state index is 2.54. The fourth-order valence-electron chi connectivity index (χ4n) is 15.6. The monoisotopic (exact) mass is 1010 g/mol. The Morgan fingerprint density at radius 2 is 0.725 bits per heavy atom. The van der Waals surface area contributed by atoms with Gasteiger partial charge >= 0.3 is 0 Å². The maximum Gasteiger partial charge on any atom is 0.0754 e. The van der Waals surface area contributed by atoms with Crippen LogP contribution in [0.2, 0.25) is 0 Å². The van der Waals surface area contributed by atoms with E-state index in [1.165, 1.54) is 138 Å². The van der Waals surface area contributed by atoms with Crippen molar-refractivity contribution in [3.8, 4) is 61.3 Å². The molecule has 4 aliphatic rings. The van der Waals surface area contributed by atoms with E-state index in [0.29, 0.717) is 0 Å². The lowest BCUT2D eigenvalue weighted by Crippen LogP contribution is -2.33. The second-order valence-corrected chi connectivity index (χ2v) is 22.2.